The summed E-state index contributed by atoms with van der Waals surface area (Å²) in [7, 11) is 0. The quantitative estimate of drug-likeness (QED) is 0.0227. The first-order valence-corrected chi connectivity index (χ1v) is 36.8. The minimum Gasteiger partial charge on any atom is -0.494 e. The fourth-order valence-electron chi connectivity index (χ4n) is 12.8. The van der Waals surface area contributed by atoms with Crippen LogP contribution < -0.4 is 64.1 Å². The molecule has 11 atom stereocenters. The summed E-state index contributed by atoms with van der Waals surface area (Å²) in [5, 5.41) is 67.9. The second-order valence-electron chi connectivity index (χ2n) is 28.1. The van der Waals surface area contributed by atoms with Crippen LogP contribution in [0.4, 0.5) is 4.39 Å². The van der Waals surface area contributed by atoms with Crippen molar-refractivity contribution in [3.8, 4) is 16.9 Å². The Hall–Kier alpha value is -11.1. The lowest BCUT2D eigenvalue weighted by molar-refractivity contribution is -0.142. The number of carboxylic acid groups (broad SMARTS) is 1. The van der Waals surface area contributed by atoms with Gasteiger partial charge in [0.2, 0.25) is 59.1 Å². The summed E-state index contributed by atoms with van der Waals surface area (Å²) in [6.45, 7) is 12.4. The Bertz CT molecular complexity index is 4090. The smallest absolute Gasteiger partial charge is 0.305 e. The van der Waals surface area contributed by atoms with Gasteiger partial charge in [-0.3, -0.25) is 52.7 Å². The molecule has 0 radical (unpaired) electrons. The number of carbonyl (C=O) groups is 11. The van der Waals surface area contributed by atoms with Gasteiger partial charge in [-0.05, 0) is 158 Å². The van der Waals surface area contributed by atoms with Gasteiger partial charge in [0.25, 0.3) is 0 Å². The van der Waals surface area contributed by atoms with Crippen molar-refractivity contribution in [3.63, 3.8) is 0 Å². The minimum atomic E-state index is -2.32. The number of aromatic nitrogens is 6. The number of hydrogen-bond donors (Lipinski definition) is 16. The normalized spacial score (nSPS) is 15.9. The Balaban J connectivity index is 1.02. The number of ether oxygens (including phenoxy) is 1. The second kappa shape index (κ2) is 42.0. The zero-order valence-electron chi connectivity index (χ0n) is 63.0. The molecule has 0 aliphatic carbocycles. The number of piperidine rings is 1. The average molecular weight is 1530 g/mol. The van der Waals surface area contributed by atoms with Crippen molar-refractivity contribution in [2.75, 3.05) is 39.3 Å². The number of tetrazole rings is 1. The van der Waals surface area contributed by atoms with Crippen LogP contribution in [-0.2, 0) is 91.3 Å². The number of nitrogens with zero attached hydrogens (tertiary/aromatic N) is 5. The summed E-state index contributed by atoms with van der Waals surface area (Å²) >= 11 is 0. The number of nitrogens with one attached hydrogen (secondary N) is 11. The molecule has 0 spiro atoms. The van der Waals surface area contributed by atoms with Gasteiger partial charge in [0.15, 0.2) is 5.82 Å². The predicted octanol–water partition coefficient (Wildman–Crippen LogP) is 0.158. The van der Waals surface area contributed by atoms with E-state index in [-0.39, 0.29) is 30.7 Å². The summed E-state index contributed by atoms with van der Waals surface area (Å²) in [5.74, 6) is -12.3. The second-order valence-corrected chi connectivity index (χ2v) is 28.1. The number of carbonyl (C=O) groups excluding carboxylic acids is 10. The van der Waals surface area contributed by atoms with Gasteiger partial charge in [-0.2, -0.15) is 5.21 Å². The summed E-state index contributed by atoms with van der Waals surface area (Å²) in [6, 6.07) is 12.5. The number of aryl methyl sites for hydroxylation is 4. The predicted molar refractivity (Wildman–Crippen MR) is 401 cm³/mol. The molecule has 110 heavy (non-hydrogen) atoms. The van der Waals surface area contributed by atoms with Crippen molar-refractivity contribution in [1.82, 2.24) is 83.3 Å². The molecule has 3 heterocycles. The highest BCUT2D eigenvalue weighted by Crippen LogP contribution is 2.29. The Morgan fingerprint density at radius 1 is 0.727 bits per heavy atom. The third kappa shape index (κ3) is 26.6. The number of amides is 10. The minimum absolute atomic E-state index is 0.0583. The van der Waals surface area contributed by atoms with E-state index in [4.69, 9.17) is 16.2 Å². The molecule has 0 saturated carbocycles. The fraction of sp³-hybridized carbons (Fsp3) is 0.487. The number of benzene rings is 4. The monoisotopic (exact) mass is 1530 g/mol. The molecular weight excluding hydrogens is 1420 g/mol. The van der Waals surface area contributed by atoms with E-state index >= 15 is 4.39 Å². The van der Waals surface area contributed by atoms with E-state index in [1.54, 1.807) is 24.7 Å². The third-order valence-electron chi connectivity index (χ3n) is 18.8. The van der Waals surface area contributed by atoms with Gasteiger partial charge in [-0.15, -0.1) is 10.2 Å². The zero-order chi connectivity index (χ0) is 80.2. The number of aliphatic hydroxyl groups is 2. The number of aliphatic carboxylic acids is 1. The van der Waals surface area contributed by atoms with Crippen LogP contribution >= 0.6 is 0 Å². The van der Waals surface area contributed by atoms with Gasteiger partial charge < -0.3 is 89.3 Å². The van der Waals surface area contributed by atoms with Crippen molar-refractivity contribution in [2.45, 2.75) is 192 Å². The number of halogens is 1. The van der Waals surface area contributed by atoms with Crippen molar-refractivity contribution < 1.29 is 77.2 Å². The molecule has 10 amide bonds. The van der Waals surface area contributed by atoms with Gasteiger partial charge in [0, 0.05) is 50.7 Å². The van der Waals surface area contributed by atoms with Gasteiger partial charge >= 0.3 is 5.97 Å². The summed E-state index contributed by atoms with van der Waals surface area (Å²) < 4.78 is 21.5. The summed E-state index contributed by atoms with van der Waals surface area (Å²) in [4.78, 5) is 162. The number of primary amides is 1. The number of nitrogens with two attached hydrogens (primary N) is 2. The number of likely N-dealkylation sites (tertiary alicyclic amines) is 1. The van der Waals surface area contributed by atoms with E-state index in [0.29, 0.717) is 76.1 Å². The first kappa shape index (κ1) is 86.1. The maximum absolute atomic E-state index is 15.5. The van der Waals surface area contributed by atoms with Gasteiger partial charge in [-0.25, -0.2) is 9.37 Å². The van der Waals surface area contributed by atoms with E-state index in [0.717, 1.165) is 92.2 Å². The number of unbranched alkanes of at least 4 members (excludes halogenated alkanes) is 1. The molecule has 1 saturated heterocycles. The number of aliphatic hydroxyl groups excluding tert-OH is 2. The van der Waals surface area contributed by atoms with Gasteiger partial charge in [-0.1, -0.05) is 90.0 Å². The lowest BCUT2D eigenvalue weighted by atomic mass is 9.90. The molecule has 1 aliphatic heterocycles. The highest BCUT2D eigenvalue weighted by atomic mass is 19.1. The number of H-pyrrole nitrogens is 2. The zero-order valence-corrected chi connectivity index (χ0v) is 63.0. The largest absolute Gasteiger partial charge is 0.494 e. The lowest BCUT2D eigenvalue weighted by Crippen LogP contribution is -2.66. The van der Waals surface area contributed by atoms with E-state index in [9.17, 15) is 68.1 Å². The molecule has 1 fully saturated rings. The maximum atomic E-state index is 15.5. The molecule has 6 aromatic rings. The van der Waals surface area contributed by atoms with Crippen molar-refractivity contribution in [2.24, 2.45) is 17.4 Å². The number of carboxylic acids is 1. The number of aromatic amines is 2. The Morgan fingerprint density at radius 2 is 1.41 bits per heavy atom. The average Bonchev–Trinajstić information content (AvgIpc) is 0.931. The molecule has 34 heteroatoms. The fourth-order valence-corrected chi connectivity index (χ4v) is 12.8. The van der Waals surface area contributed by atoms with E-state index < -0.39 is 156 Å². The van der Waals surface area contributed by atoms with Crippen LogP contribution in [0.15, 0.2) is 97.5 Å². The SMILES string of the molecule is CCc1cc(OCCCCN)ccc1-c1ccc(C[C@H](NC(=O)[C@H](CC(=O)O)NC(=O)[C@H](C)NC(=O)[C@@H](NC(=O)[C@](C)(Cc2ccccc2F)NC(=O)[C@@H](NC(=O)CNC(=O)[C@H](Cc2nn[nH]n2)NC(=O)[C@H]2CCCN(CCc3cnc[nH]3)C2)[C@@H](C)O)[C@@H](C)O)C(=O)N[C@@H](CCCc2cc(C)cc(C)c2)C(N)=O)cc1. The Kier molecular flexibility index (Phi) is 32.9. The number of imidazole rings is 1. The molecule has 7 rings (SSSR count). The highest BCUT2D eigenvalue weighted by molar-refractivity contribution is 6.00. The molecule has 2 aromatic heterocycles. The van der Waals surface area contributed by atoms with Gasteiger partial charge in [0.1, 0.15) is 59.4 Å². The summed E-state index contributed by atoms with van der Waals surface area (Å²) in [6.07, 6.45) is 2.87. The third-order valence-corrected chi connectivity index (χ3v) is 18.8. The van der Waals surface area contributed by atoms with Crippen LogP contribution in [0.5, 0.6) is 5.75 Å². The van der Waals surface area contributed by atoms with Crippen LogP contribution in [0, 0.1) is 25.6 Å². The Morgan fingerprint density at radius 3 is 2.05 bits per heavy atom. The van der Waals surface area contributed by atoms with Gasteiger partial charge in [0.05, 0.1) is 44.0 Å². The lowest BCUT2D eigenvalue weighted by Gasteiger charge is -2.34. The van der Waals surface area contributed by atoms with Crippen LogP contribution in [0.1, 0.15) is 124 Å². The first-order chi connectivity index (χ1) is 52.4. The number of rotatable bonds is 43. The molecule has 594 valence electrons. The van der Waals surface area contributed by atoms with E-state index in [2.05, 4.69) is 83.3 Å². The topological polar surface area (TPSA) is 504 Å². The van der Waals surface area contributed by atoms with Crippen LogP contribution in [0.25, 0.3) is 11.1 Å². The Labute approximate surface area is 636 Å². The van der Waals surface area contributed by atoms with Crippen LogP contribution in [-0.4, -0.2) is 215 Å². The molecular formula is C76H103FN18O15. The van der Waals surface area contributed by atoms with Crippen molar-refractivity contribution in [3.05, 3.63) is 148 Å². The molecule has 0 bridgehead atoms. The van der Waals surface area contributed by atoms with Crippen molar-refractivity contribution >= 4 is 65.0 Å². The van der Waals surface area contributed by atoms with Crippen LogP contribution in [0.3, 0.4) is 0 Å². The number of hydrogen-bond acceptors (Lipinski definition) is 20. The van der Waals surface area contributed by atoms with Crippen molar-refractivity contribution in [1.29, 1.82) is 0 Å². The molecule has 1 aliphatic rings. The van der Waals surface area contributed by atoms with Crippen LogP contribution in [0.2, 0.25) is 0 Å². The molecule has 33 nitrogen and oxygen atoms in total. The maximum Gasteiger partial charge on any atom is 0.305 e. The molecule has 4 aromatic carbocycles. The summed E-state index contributed by atoms with van der Waals surface area (Å²) in [5.41, 5.74) is 16.3. The highest BCUT2D eigenvalue weighted by Gasteiger charge is 2.43. The van der Waals surface area contributed by atoms with E-state index in [1.165, 1.54) is 18.2 Å². The van der Waals surface area contributed by atoms with E-state index in [1.807, 2.05) is 69.3 Å². The first-order valence-electron chi connectivity index (χ1n) is 36.8. The standard InChI is InChI=1S/C76H103FN18O15/c1-8-50-35-55(110-30-12-11-27-78)24-25-56(50)51-22-20-48(21-23-51)34-59(71(105)84-58(67(79)101)19-13-15-49-32-43(2)31-44(3)33-49)87-72(106)61(37-64(99)100)85-68(102)45(4)83-73(107)65(46(5)96)89-75(109)76(7,38-52-16-9-10-18-57(52)77)90-74(108)66(47(6)97)88-63(98)40-81-70(104)60(36-62-91-93-94-92-62)86-69(103)53-17-14-28-95(41-53)29-26-54-39-80-42-82-54/h9-10,16,18,20-25,31-33,35,39,42,45-47,53,58-61,65-66,96-97H,8,11-15,17,19,26-30,34,36-38,40-41,78H2,1-7H3,(H2,79,101)(H,80,82)(H,81,104)(H,83,107)(H,84,105)(H,85,102)(H,86,103)(H,87,106)(H,88,98)(H,89,109)(H,90,108)(H,99,100)(H,91,92,93,94)/t45-,46+,47+,53-,58-,59-,60-,61-,65-,66-,76-/m0/s1. The molecule has 18 N–H and O–H groups in total. The molecule has 0 unspecified atom stereocenters.